The summed E-state index contributed by atoms with van der Waals surface area (Å²) < 4.78 is 9.65. The fraction of sp³-hybridized carbons (Fsp3) is 0.600. The highest BCUT2D eigenvalue weighted by atomic mass is 16.5. The molecule has 1 aromatic heterocycles. The van der Waals surface area contributed by atoms with Gasteiger partial charge in [-0.1, -0.05) is 0 Å². The van der Waals surface area contributed by atoms with Crippen LogP contribution in [0, 0.1) is 0 Å². The van der Waals surface area contributed by atoms with Crippen LogP contribution in [0.5, 0.6) is 0 Å². The van der Waals surface area contributed by atoms with E-state index >= 15 is 0 Å². The maximum atomic E-state index is 11.3. The van der Waals surface area contributed by atoms with Gasteiger partial charge in [-0.15, -0.1) is 0 Å². The molecule has 0 spiro atoms. The van der Waals surface area contributed by atoms with Gasteiger partial charge in [-0.05, 0) is 6.92 Å². The van der Waals surface area contributed by atoms with Crippen molar-refractivity contribution in [2.24, 2.45) is 0 Å². The largest absolute Gasteiger partial charge is 0.461 e. The first kappa shape index (κ1) is 14.4. The van der Waals surface area contributed by atoms with Crippen molar-refractivity contribution in [2.45, 2.75) is 12.5 Å². The monoisotopic (exact) mass is 260 g/mol. The molecule has 0 saturated carbocycles. The number of hydrogen-bond donors (Lipinski definition) is 4. The van der Waals surface area contributed by atoms with Crippen LogP contribution in [0.3, 0.4) is 0 Å². The summed E-state index contributed by atoms with van der Waals surface area (Å²) in [5.74, 6) is -0.642. The number of aromatic nitrogens is 1. The van der Waals surface area contributed by atoms with Crippen LogP contribution in [0.1, 0.15) is 17.4 Å². The van der Waals surface area contributed by atoms with Crippen molar-refractivity contribution >= 4 is 12.0 Å². The van der Waals surface area contributed by atoms with Crippen molar-refractivity contribution in [3.8, 4) is 0 Å². The number of esters is 1. The van der Waals surface area contributed by atoms with Gasteiger partial charge in [0.1, 0.15) is 11.8 Å². The molecule has 1 heterocycles. The van der Waals surface area contributed by atoms with Crippen molar-refractivity contribution in [3.63, 3.8) is 0 Å². The molecular formula is C10H16N2O6. The van der Waals surface area contributed by atoms with E-state index in [4.69, 9.17) is 24.5 Å². The number of aliphatic hydroxyl groups is 3. The molecule has 0 unspecified atom stereocenters. The molecular weight excluding hydrogens is 244 g/mol. The molecule has 0 amide bonds. The highest BCUT2D eigenvalue weighted by Crippen LogP contribution is 2.15. The van der Waals surface area contributed by atoms with Crippen molar-refractivity contribution in [2.75, 3.05) is 31.7 Å². The molecule has 8 nitrogen and oxygen atoms in total. The lowest BCUT2D eigenvalue weighted by Gasteiger charge is -2.27. The number of nitrogens with zero attached hydrogens (tertiary/aromatic N) is 1. The van der Waals surface area contributed by atoms with Crippen LogP contribution >= 0.6 is 0 Å². The number of carbonyl (C=O) groups is 1. The number of oxazole rings is 1. The second kappa shape index (κ2) is 6.34. The zero-order chi connectivity index (χ0) is 13.6. The van der Waals surface area contributed by atoms with E-state index in [-0.39, 0.29) is 18.3 Å². The molecule has 8 heteroatoms. The summed E-state index contributed by atoms with van der Waals surface area (Å²) in [7, 11) is 0. The van der Waals surface area contributed by atoms with Gasteiger partial charge < -0.3 is 29.8 Å². The van der Waals surface area contributed by atoms with Crippen molar-refractivity contribution in [1.82, 2.24) is 4.98 Å². The van der Waals surface area contributed by atoms with Gasteiger partial charge in [0.25, 0.3) is 6.01 Å². The Hall–Kier alpha value is -1.64. The number of rotatable bonds is 7. The van der Waals surface area contributed by atoms with Gasteiger partial charge >= 0.3 is 5.97 Å². The second-order valence-electron chi connectivity index (χ2n) is 3.64. The maximum absolute atomic E-state index is 11.3. The number of hydrogen-bond acceptors (Lipinski definition) is 8. The summed E-state index contributed by atoms with van der Waals surface area (Å²) in [6.45, 7) is 0.277. The number of carbonyl (C=O) groups excluding carboxylic acids is 1. The van der Waals surface area contributed by atoms with Gasteiger partial charge in [0.05, 0.1) is 26.4 Å². The molecule has 102 valence electrons. The van der Waals surface area contributed by atoms with Crippen LogP contribution in [0.4, 0.5) is 6.01 Å². The Morgan fingerprint density at radius 1 is 1.44 bits per heavy atom. The van der Waals surface area contributed by atoms with Crippen LogP contribution in [0.25, 0.3) is 0 Å². The lowest BCUT2D eigenvalue weighted by Crippen LogP contribution is -2.49. The molecule has 0 saturated heterocycles. The topological polar surface area (TPSA) is 125 Å². The SMILES string of the molecule is CCOC(=O)c1coc(NC(CO)(CO)CO)n1. The Morgan fingerprint density at radius 2 is 2.06 bits per heavy atom. The first-order chi connectivity index (χ1) is 8.60. The lowest BCUT2D eigenvalue weighted by atomic mass is 10.0. The van der Waals surface area contributed by atoms with Crippen LogP contribution < -0.4 is 5.32 Å². The van der Waals surface area contributed by atoms with E-state index in [0.717, 1.165) is 6.26 Å². The molecule has 0 radical (unpaired) electrons. The average molecular weight is 260 g/mol. The molecule has 18 heavy (non-hydrogen) atoms. The smallest absolute Gasteiger partial charge is 0.360 e. The molecule has 1 rings (SSSR count). The zero-order valence-corrected chi connectivity index (χ0v) is 9.92. The molecule has 0 aliphatic heterocycles. The van der Waals surface area contributed by atoms with E-state index < -0.39 is 31.3 Å². The number of nitrogens with one attached hydrogen (secondary N) is 1. The van der Waals surface area contributed by atoms with Crippen molar-refractivity contribution in [1.29, 1.82) is 0 Å². The molecule has 0 aromatic carbocycles. The van der Waals surface area contributed by atoms with E-state index in [1.54, 1.807) is 6.92 Å². The fourth-order valence-corrected chi connectivity index (χ4v) is 1.13. The Labute approximate surface area is 103 Å². The van der Waals surface area contributed by atoms with Crippen molar-refractivity contribution in [3.05, 3.63) is 12.0 Å². The number of ether oxygens (including phenoxy) is 1. The van der Waals surface area contributed by atoms with Gasteiger partial charge in [-0.2, -0.15) is 4.98 Å². The van der Waals surface area contributed by atoms with E-state index in [1.165, 1.54) is 0 Å². The predicted molar refractivity (Wildman–Crippen MR) is 60.1 cm³/mol. The third-order valence-corrected chi connectivity index (χ3v) is 2.27. The summed E-state index contributed by atoms with van der Waals surface area (Å²) in [6, 6.07) is -0.102. The van der Waals surface area contributed by atoms with Crippen molar-refractivity contribution < 1.29 is 29.3 Å². The molecule has 0 atom stereocenters. The van der Waals surface area contributed by atoms with Gasteiger partial charge in [-0.3, -0.25) is 0 Å². The summed E-state index contributed by atoms with van der Waals surface area (Å²) >= 11 is 0. The van der Waals surface area contributed by atoms with Gasteiger partial charge in [0.15, 0.2) is 5.69 Å². The first-order valence-corrected chi connectivity index (χ1v) is 5.34. The average Bonchev–Trinajstić information content (AvgIpc) is 2.85. The second-order valence-corrected chi connectivity index (χ2v) is 3.64. The summed E-state index contributed by atoms with van der Waals surface area (Å²) in [5, 5.41) is 29.8. The zero-order valence-electron chi connectivity index (χ0n) is 9.92. The number of anilines is 1. The van der Waals surface area contributed by atoms with E-state index in [2.05, 4.69) is 10.3 Å². The molecule has 0 aliphatic carbocycles. The Bertz CT molecular complexity index is 379. The maximum Gasteiger partial charge on any atom is 0.360 e. The van der Waals surface area contributed by atoms with Gasteiger partial charge in [0, 0.05) is 0 Å². The van der Waals surface area contributed by atoms with Gasteiger partial charge in [0.2, 0.25) is 0 Å². The molecule has 0 fully saturated rings. The van der Waals surface area contributed by atoms with E-state index in [1.807, 2.05) is 0 Å². The minimum Gasteiger partial charge on any atom is -0.461 e. The van der Waals surface area contributed by atoms with E-state index in [9.17, 15) is 4.79 Å². The van der Waals surface area contributed by atoms with Crippen LogP contribution in [0.2, 0.25) is 0 Å². The van der Waals surface area contributed by atoms with Crippen LogP contribution in [-0.4, -0.2) is 58.2 Å². The standard InChI is InChI=1S/C10H16N2O6/c1-2-17-8(16)7-3-18-9(11-7)12-10(4-13,5-14)6-15/h3,13-15H,2,4-6H2,1H3,(H,11,12). The quantitative estimate of drug-likeness (QED) is 0.459. The normalized spacial score (nSPS) is 11.3. The van der Waals surface area contributed by atoms with Gasteiger partial charge in [-0.25, -0.2) is 4.79 Å². The third-order valence-electron chi connectivity index (χ3n) is 2.27. The Kier molecular flexibility index (Phi) is 5.08. The fourth-order valence-electron chi connectivity index (χ4n) is 1.13. The Balaban J connectivity index is 2.77. The highest BCUT2D eigenvalue weighted by molar-refractivity contribution is 5.87. The number of aliphatic hydroxyl groups excluding tert-OH is 3. The highest BCUT2D eigenvalue weighted by Gasteiger charge is 2.30. The molecule has 4 N–H and O–H groups in total. The third kappa shape index (κ3) is 3.19. The van der Waals surface area contributed by atoms with Crippen LogP contribution in [0.15, 0.2) is 10.7 Å². The van der Waals surface area contributed by atoms with E-state index in [0.29, 0.717) is 0 Å². The summed E-state index contributed by atoms with van der Waals surface area (Å²) in [4.78, 5) is 15.1. The van der Waals surface area contributed by atoms with Crippen LogP contribution in [-0.2, 0) is 4.74 Å². The molecule has 0 aliphatic rings. The molecule has 1 aromatic rings. The summed E-state index contributed by atoms with van der Waals surface area (Å²) in [5.41, 5.74) is -1.40. The first-order valence-electron chi connectivity index (χ1n) is 5.34. The predicted octanol–water partition coefficient (Wildman–Crippen LogP) is -1.02. The minimum atomic E-state index is -1.36. The molecule has 0 bridgehead atoms. The summed E-state index contributed by atoms with van der Waals surface area (Å²) in [6.07, 6.45) is 1.08. The Morgan fingerprint density at radius 3 is 2.56 bits per heavy atom. The lowest BCUT2D eigenvalue weighted by molar-refractivity contribution is 0.0519. The minimum absolute atomic E-state index is 0.0398.